The van der Waals surface area contributed by atoms with Crippen molar-refractivity contribution in [3.63, 3.8) is 0 Å². The van der Waals surface area contributed by atoms with Gasteiger partial charge in [-0.2, -0.15) is 0 Å². The predicted octanol–water partition coefficient (Wildman–Crippen LogP) is 6.28. The summed E-state index contributed by atoms with van der Waals surface area (Å²) in [5, 5.41) is 5.82. The summed E-state index contributed by atoms with van der Waals surface area (Å²) in [5.41, 5.74) is 2.60. The molecule has 35 heavy (non-hydrogen) atoms. The van der Waals surface area contributed by atoms with Crippen molar-refractivity contribution >= 4 is 39.3 Å². The number of carbonyl (C=O) groups is 1. The standard InChI is InChI=1S/C29H26ClN3O2/c30-23-11-5-10-22(20-23)29(34)31-17-16-28-32-25-13-3-4-14-26(25)33(28)18-7-19-35-27-15-6-9-21-8-1-2-12-24(21)27/h1-6,8-15,20H,7,16-19H2,(H,31,34). The molecule has 1 heterocycles. The summed E-state index contributed by atoms with van der Waals surface area (Å²) in [6.45, 7) is 1.87. The second-order valence-corrected chi connectivity index (χ2v) is 8.80. The zero-order chi connectivity index (χ0) is 24.0. The first-order valence-corrected chi connectivity index (χ1v) is 12.2. The number of ether oxygens (including phenoxy) is 1. The lowest BCUT2D eigenvalue weighted by Crippen LogP contribution is -2.26. The number of benzene rings is 4. The number of imidazole rings is 1. The van der Waals surface area contributed by atoms with Gasteiger partial charge in [0.05, 0.1) is 17.6 Å². The van der Waals surface area contributed by atoms with Gasteiger partial charge in [-0.15, -0.1) is 0 Å². The van der Waals surface area contributed by atoms with E-state index in [4.69, 9.17) is 21.3 Å². The van der Waals surface area contributed by atoms with Crippen LogP contribution in [0.4, 0.5) is 0 Å². The van der Waals surface area contributed by atoms with E-state index in [0.29, 0.717) is 30.2 Å². The zero-order valence-electron chi connectivity index (χ0n) is 19.3. The third kappa shape index (κ3) is 5.31. The number of halogens is 1. The smallest absolute Gasteiger partial charge is 0.251 e. The van der Waals surface area contributed by atoms with E-state index in [1.54, 1.807) is 24.3 Å². The topological polar surface area (TPSA) is 56.2 Å². The molecular weight excluding hydrogens is 458 g/mol. The van der Waals surface area contributed by atoms with E-state index in [9.17, 15) is 4.79 Å². The molecule has 0 unspecified atom stereocenters. The van der Waals surface area contributed by atoms with E-state index in [2.05, 4.69) is 34.1 Å². The van der Waals surface area contributed by atoms with Crippen LogP contribution in [0.1, 0.15) is 22.6 Å². The van der Waals surface area contributed by atoms with Crippen molar-refractivity contribution in [1.82, 2.24) is 14.9 Å². The molecule has 0 saturated heterocycles. The van der Waals surface area contributed by atoms with Crippen LogP contribution in [0.2, 0.25) is 5.02 Å². The lowest BCUT2D eigenvalue weighted by molar-refractivity contribution is 0.0954. The molecule has 0 radical (unpaired) electrons. The Balaban J connectivity index is 1.23. The lowest BCUT2D eigenvalue weighted by atomic mass is 10.1. The number of amides is 1. The van der Waals surface area contributed by atoms with Gasteiger partial charge < -0.3 is 14.6 Å². The number of fused-ring (bicyclic) bond motifs is 2. The molecule has 0 spiro atoms. The van der Waals surface area contributed by atoms with Gasteiger partial charge in [-0.1, -0.05) is 66.2 Å². The second-order valence-electron chi connectivity index (χ2n) is 8.36. The van der Waals surface area contributed by atoms with Gasteiger partial charge in [-0.25, -0.2) is 4.98 Å². The third-order valence-corrected chi connectivity index (χ3v) is 6.22. The number of hydrogen-bond donors (Lipinski definition) is 1. The van der Waals surface area contributed by atoms with Crippen LogP contribution >= 0.6 is 11.6 Å². The minimum atomic E-state index is -0.140. The SMILES string of the molecule is O=C(NCCc1nc2ccccc2n1CCCOc1cccc2ccccc12)c1cccc(Cl)c1. The fraction of sp³-hybridized carbons (Fsp3) is 0.172. The number of para-hydroxylation sites is 2. The van der Waals surface area contributed by atoms with Crippen LogP contribution < -0.4 is 10.1 Å². The fourth-order valence-electron chi connectivity index (χ4n) is 4.31. The van der Waals surface area contributed by atoms with Crippen molar-refractivity contribution in [2.75, 3.05) is 13.2 Å². The molecule has 5 aromatic rings. The Hall–Kier alpha value is -3.83. The van der Waals surface area contributed by atoms with Crippen LogP contribution in [0.3, 0.4) is 0 Å². The summed E-state index contributed by atoms with van der Waals surface area (Å²) in [6, 6.07) is 29.5. The highest BCUT2D eigenvalue weighted by atomic mass is 35.5. The maximum Gasteiger partial charge on any atom is 0.251 e. The maximum absolute atomic E-state index is 12.5. The Morgan fingerprint density at radius 1 is 0.943 bits per heavy atom. The van der Waals surface area contributed by atoms with Gasteiger partial charge in [0.1, 0.15) is 11.6 Å². The maximum atomic E-state index is 12.5. The summed E-state index contributed by atoms with van der Waals surface area (Å²) < 4.78 is 8.37. The van der Waals surface area contributed by atoms with Gasteiger partial charge in [0, 0.05) is 35.5 Å². The van der Waals surface area contributed by atoms with Crippen LogP contribution in [0.15, 0.2) is 91.0 Å². The molecule has 1 amide bonds. The van der Waals surface area contributed by atoms with Crippen molar-refractivity contribution in [1.29, 1.82) is 0 Å². The van der Waals surface area contributed by atoms with Gasteiger partial charge in [0.25, 0.3) is 5.91 Å². The van der Waals surface area contributed by atoms with Crippen LogP contribution in [0, 0.1) is 0 Å². The molecule has 0 aliphatic rings. The minimum Gasteiger partial charge on any atom is -0.493 e. The highest BCUT2D eigenvalue weighted by molar-refractivity contribution is 6.30. The van der Waals surface area contributed by atoms with E-state index in [-0.39, 0.29) is 5.91 Å². The average molecular weight is 484 g/mol. The minimum absolute atomic E-state index is 0.140. The first-order chi connectivity index (χ1) is 17.2. The number of nitrogens with one attached hydrogen (secondary N) is 1. The lowest BCUT2D eigenvalue weighted by Gasteiger charge is -2.12. The number of aryl methyl sites for hydroxylation is 1. The molecule has 1 aromatic heterocycles. The van der Waals surface area contributed by atoms with Crippen molar-refractivity contribution in [3.8, 4) is 5.75 Å². The number of aromatic nitrogens is 2. The van der Waals surface area contributed by atoms with Crippen LogP contribution in [-0.4, -0.2) is 28.6 Å². The van der Waals surface area contributed by atoms with Crippen LogP contribution in [0.5, 0.6) is 5.75 Å². The third-order valence-electron chi connectivity index (χ3n) is 5.99. The summed E-state index contributed by atoms with van der Waals surface area (Å²) in [6.07, 6.45) is 1.47. The molecule has 5 nitrogen and oxygen atoms in total. The van der Waals surface area contributed by atoms with E-state index in [1.165, 1.54) is 5.39 Å². The average Bonchev–Trinajstić information content (AvgIpc) is 3.24. The molecule has 176 valence electrons. The van der Waals surface area contributed by atoms with Gasteiger partial charge >= 0.3 is 0 Å². The largest absolute Gasteiger partial charge is 0.493 e. The van der Waals surface area contributed by atoms with Gasteiger partial charge in [-0.3, -0.25) is 4.79 Å². The fourth-order valence-corrected chi connectivity index (χ4v) is 4.50. The molecule has 6 heteroatoms. The molecular formula is C29H26ClN3O2. The van der Waals surface area contributed by atoms with Gasteiger partial charge in [0.2, 0.25) is 0 Å². The zero-order valence-corrected chi connectivity index (χ0v) is 20.0. The normalized spacial score (nSPS) is 11.1. The quantitative estimate of drug-likeness (QED) is 0.251. The van der Waals surface area contributed by atoms with E-state index >= 15 is 0 Å². The number of carbonyl (C=O) groups excluding carboxylic acids is 1. The number of hydrogen-bond acceptors (Lipinski definition) is 3. The summed E-state index contributed by atoms with van der Waals surface area (Å²) >= 11 is 6.01. The number of nitrogens with zero attached hydrogens (tertiary/aromatic N) is 2. The second kappa shape index (κ2) is 10.6. The van der Waals surface area contributed by atoms with Gasteiger partial charge in [0.15, 0.2) is 0 Å². The Kier molecular flexibility index (Phi) is 6.96. The van der Waals surface area contributed by atoms with Crippen molar-refractivity contribution in [2.45, 2.75) is 19.4 Å². The molecule has 0 fully saturated rings. The monoisotopic (exact) mass is 483 g/mol. The predicted molar refractivity (Wildman–Crippen MR) is 141 cm³/mol. The Morgan fingerprint density at radius 2 is 1.74 bits per heavy atom. The molecule has 4 aromatic carbocycles. The van der Waals surface area contributed by atoms with Crippen molar-refractivity contribution in [3.05, 3.63) is 107 Å². The highest BCUT2D eigenvalue weighted by Crippen LogP contribution is 2.25. The van der Waals surface area contributed by atoms with Crippen molar-refractivity contribution in [2.24, 2.45) is 0 Å². The molecule has 0 bridgehead atoms. The van der Waals surface area contributed by atoms with Crippen molar-refractivity contribution < 1.29 is 9.53 Å². The molecule has 0 saturated carbocycles. The number of rotatable bonds is 9. The Morgan fingerprint density at radius 3 is 2.66 bits per heavy atom. The molecule has 1 N–H and O–H groups in total. The summed E-state index contributed by atoms with van der Waals surface area (Å²) in [5.74, 6) is 1.71. The Bertz CT molecular complexity index is 1470. The molecule has 5 rings (SSSR count). The first kappa shape index (κ1) is 22.9. The van der Waals surface area contributed by atoms with Crippen LogP contribution in [0.25, 0.3) is 21.8 Å². The van der Waals surface area contributed by atoms with E-state index in [1.807, 2.05) is 42.5 Å². The van der Waals surface area contributed by atoms with Gasteiger partial charge in [-0.05, 0) is 48.2 Å². The highest BCUT2D eigenvalue weighted by Gasteiger charge is 2.12. The van der Waals surface area contributed by atoms with Crippen LogP contribution in [-0.2, 0) is 13.0 Å². The molecule has 0 aliphatic carbocycles. The molecule has 0 aliphatic heterocycles. The summed E-state index contributed by atoms with van der Waals surface area (Å²) in [7, 11) is 0. The van der Waals surface area contributed by atoms with E-state index in [0.717, 1.165) is 41.0 Å². The van der Waals surface area contributed by atoms with E-state index < -0.39 is 0 Å². The summed E-state index contributed by atoms with van der Waals surface area (Å²) in [4.78, 5) is 17.3. The Labute approximate surface area is 209 Å². The molecule has 0 atom stereocenters. The first-order valence-electron chi connectivity index (χ1n) is 11.8.